The molecule has 0 bridgehead atoms. The van der Waals surface area contributed by atoms with Gasteiger partial charge in [0.2, 0.25) is 11.7 Å². The highest BCUT2D eigenvalue weighted by molar-refractivity contribution is 6.02. The summed E-state index contributed by atoms with van der Waals surface area (Å²) in [5.41, 5.74) is 2.47. The molecule has 2 heterocycles. The van der Waals surface area contributed by atoms with Crippen LogP contribution in [0.15, 0.2) is 71.3 Å². The molecule has 0 radical (unpaired) electrons. The SMILES string of the molecule is CCC(CC)NC(=O)NC(=O)c1cnc(-c2cccc(-c3cc(C(=O)NC(Cc4ccccc4)C(=O)O)n[nH]3)c2)o1.O=C(O)C(F)(F)F. The van der Waals surface area contributed by atoms with E-state index in [2.05, 4.69) is 31.1 Å². The van der Waals surface area contributed by atoms with Crippen LogP contribution in [-0.2, 0) is 16.0 Å². The van der Waals surface area contributed by atoms with Gasteiger partial charge in [0.25, 0.3) is 11.8 Å². The molecule has 2 aromatic heterocycles. The summed E-state index contributed by atoms with van der Waals surface area (Å²) >= 11 is 0. The van der Waals surface area contributed by atoms with E-state index in [1.807, 2.05) is 19.9 Å². The zero-order chi connectivity index (χ0) is 35.4. The van der Waals surface area contributed by atoms with Gasteiger partial charge in [-0.25, -0.2) is 19.4 Å². The Balaban J connectivity index is 0.000000804. The number of oxazole rings is 1. The average molecular weight is 673 g/mol. The second-order valence-electron chi connectivity index (χ2n) is 10.1. The van der Waals surface area contributed by atoms with Crippen molar-refractivity contribution >= 4 is 29.8 Å². The van der Waals surface area contributed by atoms with Crippen molar-refractivity contribution in [1.29, 1.82) is 0 Å². The maximum Gasteiger partial charge on any atom is 0.490 e. The van der Waals surface area contributed by atoms with Gasteiger partial charge in [-0.1, -0.05) is 56.3 Å². The molecule has 254 valence electrons. The minimum Gasteiger partial charge on any atom is -0.480 e. The number of aliphatic carboxylic acids is 2. The number of alkyl halides is 3. The third kappa shape index (κ3) is 10.5. The van der Waals surface area contributed by atoms with Crippen LogP contribution in [0.3, 0.4) is 0 Å². The summed E-state index contributed by atoms with van der Waals surface area (Å²) in [4.78, 5) is 62.1. The number of carbonyl (C=O) groups is 5. The number of benzene rings is 2. The summed E-state index contributed by atoms with van der Waals surface area (Å²) < 4.78 is 37.3. The van der Waals surface area contributed by atoms with E-state index in [0.29, 0.717) is 16.8 Å². The maximum atomic E-state index is 12.8. The van der Waals surface area contributed by atoms with E-state index >= 15 is 0 Å². The molecule has 0 aliphatic rings. The van der Waals surface area contributed by atoms with Gasteiger partial charge < -0.3 is 25.3 Å². The summed E-state index contributed by atoms with van der Waals surface area (Å²) in [6, 6.07) is 15.7. The first kappa shape index (κ1) is 36.5. The number of nitrogens with zero attached hydrogens (tertiary/aromatic N) is 2. The molecule has 0 saturated carbocycles. The Kier molecular flexibility index (Phi) is 12.6. The second kappa shape index (κ2) is 16.5. The van der Waals surface area contributed by atoms with Gasteiger partial charge in [0.15, 0.2) is 5.69 Å². The quantitative estimate of drug-likeness (QED) is 0.132. The van der Waals surface area contributed by atoms with Crippen LogP contribution < -0.4 is 16.0 Å². The fraction of sp³-hybridized carbons (Fsp3) is 0.258. The number of nitrogens with one attached hydrogen (secondary N) is 4. The van der Waals surface area contributed by atoms with E-state index in [1.54, 1.807) is 48.5 Å². The van der Waals surface area contributed by atoms with Crippen LogP contribution in [-0.4, -0.2) is 73.4 Å². The summed E-state index contributed by atoms with van der Waals surface area (Å²) in [5, 5.41) is 31.0. The Morgan fingerprint density at radius 3 is 2.15 bits per heavy atom. The van der Waals surface area contributed by atoms with Gasteiger partial charge in [-0.15, -0.1) is 0 Å². The molecule has 2 aromatic carbocycles. The van der Waals surface area contributed by atoms with Gasteiger partial charge in [0, 0.05) is 23.6 Å². The van der Waals surface area contributed by atoms with Crippen molar-refractivity contribution in [2.24, 2.45) is 0 Å². The Hall–Kier alpha value is -6.00. The molecule has 4 amide bonds. The molecule has 4 rings (SSSR count). The van der Waals surface area contributed by atoms with Crippen LogP contribution >= 0.6 is 0 Å². The normalized spacial score (nSPS) is 11.5. The highest BCUT2D eigenvalue weighted by Gasteiger charge is 2.38. The Morgan fingerprint density at radius 2 is 1.54 bits per heavy atom. The monoisotopic (exact) mass is 672 g/mol. The molecular weight excluding hydrogens is 641 g/mol. The topological polar surface area (TPSA) is 217 Å². The van der Waals surface area contributed by atoms with Crippen LogP contribution in [0.25, 0.3) is 22.7 Å². The molecular formula is C31H31F3N6O8. The number of imide groups is 1. The first-order valence-corrected chi connectivity index (χ1v) is 14.3. The minimum absolute atomic E-state index is 0.0199. The third-order valence-corrected chi connectivity index (χ3v) is 6.64. The Morgan fingerprint density at radius 1 is 0.896 bits per heavy atom. The molecule has 1 atom stereocenters. The minimum atomic E-state index is -5.08. The van der Waals surface area contributed by atoms with E-state index in [0.717, 1.165) is 18.4 Å². The van der Waals surface area contributed by atoms with Crippen molar-refractivity contribution in [3.8, 4) is 22.7 Å². The summed E-state index contributed by atoms with van der Waals surface area (Å²) in [5.74, 6) is -5.25. The lowest BCUT2D eigenvalue weighted by atomic mass is 10.1. The van der Waals surface area contributed by atoms with Crippen LogP contribution in [0.1, 0.15) is 53.3 Å². The molecule has 0 aliphatic heterocycles. The fourth-order valence-corrected chi connectivity index (χ4v) is 4.08. The first-order chi connectivity index (χ1) is 22.7. The number of carboxylic acids is 2. The smallest absolute Gasteiger partial charge is 0.480 e. The summed E-state index contributed by atoms with van der Waals surface area (Å²) in [6.45, 7) is 3.88. The van der Waals surface area contributed by atoms with Crippen LogP contribution in [0.5, 0.6) is 0 Å². The van der Waals surface area contributed by atoms with Crippen LogP contribution in [0.4, 0.5) is 18.0 Å². The first-order valence-electron chi connectivity index (χ1n) is 14.3. The lowest BCUT2D eigenvalue weighted by molar-refractivity contribution is -0.192. The molecule has 17 heteroatoms. The maximum absolute atomic E-state index is 12.8. The molecule has 1 unspecified atom stereocenters. The number of rotatable bonds is 11. The number of urea groups is 1. The Labute approximate surface area is 270 Å². The van der Waals surface area contributed by atoms with Gasteiger partial charge in [-0.3, -0.25) is 20.0 Å². The van der Waals surface area contributed by atoms with Crippen molar-refractivity contribution in [1.82, 2.24) is 31.1 Å². The van der Waals surface area contributed by atoms with Crippen LogP contribution in [0, 0.1) is 0 Å². The number of amides is 4. The standard InChI is InChI=1S/C29H30N6O6.C2HF3O2/c1-3-20(4-2)31-29(40)33-26(37)24-16-30-27(41-24)19-12-8-11-18(14-19)21-15-22(35-34-21)25(36)32-23(28(38)39)13-17-9-6-5-7-10-17;3-2(4,5)1(6)7/h5-12,14-16,20,23H,3-4,13H2,1-2H3,(H,32,36)(H,34,35)(H,38,39)(H2,31,33,37,40);(H,6,7). The van der Waals surface area contributed by atoms with Crippen molar-refractivity contribution in [2.75, 3.05) is 0 Å². The second-order valence-corrected chi connectivity index (χ2v) is 10.1. The van der Waals surface area contributed by atoms with E-state index < -0.39 is 42.0 Å². The molecule has 6 N–H and O–H groups in total. The lowest BCUT2D eigenvalue weighted by Crippen LogP contribution is -2.44. The van der Waals surface area contributed by atoms with E-state index in [1.165, 1.54) is 12.3 Å². The number of hydrogen-bond donors (Lipinski definition) is 6. The fourth-order valence-electron chi connectivity index (χ4n) is 4.08. The highest BCUT2D eigenvalue weighted by atomic mass is 19.4. The predicted octanol–water partition coefficient (Wildman–Crippen LogP) is 4.42. The number of carboxylic acid groups (broad SMARTS) is 2. The summed E-state index contributed by atoms with van der Waals surface area (Å²) in [7, 11) is 0. The highest BCUT2D eigenvalue weighted by Crippen LogP contribution is 2.26. The largest absolute Gasteiger partial charge is 0.490 e. The Bertz CT molecular complexity index is 1730. The molecule has 4 aromatic rings. The van der Waals surface area contributed by atoms with Gasteiger partial charge in [0.1, 0.15) is 6.04 Å². The number of aromatic nitrogens is 3. The number of hydrogen-bond acceptors (Lipinski definition) is 8. The van der Waals surface area contributed by atoms with Gasteiger partial charge in [-0.05, 0) is 36.6 Å². The number of H-pyrrole nitrogens is 1. The number of halogens is 3. The van der Waals surface area contributed by atoms with Crippen molar-refractivity contribution < 1.29 is 51.8 Å². The van der Waals surface area contributed by atoms with Crippen molar-refractivity contribution in [2.45, 2.75) is 51.4 Å². The third-order valence-electron chi connectivity index (χ3n) is 6.64. The average Bonchev–Trinajstić information content (AvgIpc) is 3.75. The molecule has 0 saturated heterocycles. The van der Waals surface area contributed by atoms with Crippen molar-refractivity contribution in [3.05, 3.63) is 83.9 Å². The molecule has 0 spiro atoms. The van der Waals surface area contributed by atoms with E-state index in [-0.39, 0.29) is 29.8 Å². The van der Waals surface area contributed by atoms with E-state index in [9.17, 15) is 37.5 Å². The molecule has 0 fully saturated rings. The van der Waals surface area contributed by atoms with E-state index in [4.69, 9.17) is 14.3 Å². The number of aromatic amines is 1. The van der Waals surface area contributed by atoms with Crippen LogP contribution in [0.2, 0.25) is 0 Å². The predicted molar refractivity (Wildman–Crippen MR) is 163 cm³/mol. The zero-order valence-corrected chi connectivity index (χ0v) is 25.5. The van der Waals surface area contributed by atoms with Gasteiger partial charge >= 0.3 is 24.1 Å². The lowest BCUT2D eigenvalue weighted by Gasteiger charge is -2.14. The molecule has 0 aliphatic carbocycles. The zero-order valence-electron chi connectivity index (χ0n) is 25.5. The van der Waals surface area contributed by atoms with Gasteiger partial charge in [0.05, 0.1) is 11.9 Å². The molecule has 48 heavy (non-hydrogen) atoms. The van der Waals surface area contributed by atoms with Gasteiger partial charge in [-0.2, -0.15) is 18.3 Å². The van der Waals surface area contributed by atoms with Crippen molar-refractivity contribution in [3.63, 3.8) is 0 Å². The molecule has 14 nitrogen and oxygen atoms in total. The number of carbonyl (C=O) groups excluding carboxylic acids is 3. The summed E-state index contributed by atoms with van der Waals surface area (Å²) in [6.07, 6.45) is -2.25.